The number of morpholine rings is 1. The number of methoxy groups -OCH3 is 1. The van der Waals surface area contributed by atoms with Gasteiger partial charge in [-0.2, -0.15) is 0 Å². The highest BCUT2D eigenvalue weighted by atomic mass is 79.9. The van der Waals surface area contributed by atoms with Crippen LogP contribution in [0, 0.1) is 0 Å². The maximum Gasteiger partial charge on any atom is 0.123 e. The van der Waals surface area contributed by atoms with E-state index in [4.69, 9.17) is 9.47 Å². The van der Waals surface area contributed by atoms with Crippen molar-refractivity contribution in [3.63, 3.8) is 0 Å². The molecule has 1 aromatic carbocycles. The maximum absolute atomic E-state index is 5.78. The van der Waals surface area contributed by atoms with Crippen molar-refractivity contribution in [2.75, 3.05) is 26.8 Å². The van der Waals surface area contributed by atoms with Crippen LogP contribution in [0.25, 0.3) is 0 Å². The van der Waals surface area contributed by atoms with Crippen molar-refractivity contribution in [2.24, 2.45) is 0 Å². The SMILES string of the molecule is COc1cc(C2CNCCO2)cc(Br)c1C(C)C. The van der Waals surface area contributed by atoms with Gasteiger partial charge in [-0.15, -0.1) is 0 Å². The first-order valence-corrected chi connectivity index (χ1v) is 7.12. The van der Waals surface area contributed by atoms with Crippen molar-refractivity contribution in [3.05, 3.63) is 27.7 Å². The summed E-state index contributed by atoms with van der Waals surface area (Å²) in [7, 11) is 1.72. The molecular formula is C14H20BrNO2. The van der Waals surface area contributed by atoms with Gasteiger partial charge in [-0.05, 0) is 23.6 Å². The fraction of sp³-hybridized carbons (Fsp3) is 0.571. The van der Waals surface area contributed by atoms with E-state index in [-0.39, 0.29) is 6.10 Å². The van der Waals surface area contributed by atoms with E-state index in [9.17, 15) is 0 Å². The van der Waals surface area contributed by atoms with Gasteiger partial charge >= 0.3 is 0 Å². The first-order chi connectivity index (χ1) is 8.63. The molecule has 1 aliphatic rings. The largest absolute Gasteiger partial charge is 0.496 e. The van der Waals surface area contributed by atoms with Crippen molar-refractivity contribution in [1.82, 2.24) is 5.32 Å². The molecule has 1 aromatic rings. The highest BCUT2D eigenvalue weighted by Gasteiger charge is 2.20. The number of benzene rings is 1. The Hall–Kier alpha value is -0.580. The number of hydrogen-bond acceptors (Lipinski definition) is 3. The third-order valence-electron chi connectivity index (χ3n) is 3.21. The molecule has 0 aliphatic carbocycles. The van der Waals surface area contributed by atoms with Gasteiger partial charge in [0.05, 0.1) is 19.8 Å². The zero-order chi connectivity index (χ0) is 13.1. The number of rotatable bonds is 3. The normalized spacial score (nSPS) is 20.2. The van der Waals surface area contributed by atoms with Gasteiger partial charge in [0.2, 0.25) is 0 Å². The Bertz CT molecular complexity index is 415. The molecule has 1 saturated heterocycles. The van der Waals surface area contributed by atoms with Crippen LogP contribution < -0.4 is 10.1 Å². The molecular weight excluding hydrogens is 294 g/mol. The quantitative estimate of drug-likeness (QED) is 0.929. The number of halogens is 1. The van der Waals surface area contributed by atoms with Gasteiger partial charge in [-0.1, -0.05) is 29.8 Å². The molecule has 1 aliphatic heterocycles. The summed E-state index contributed by atoms with van der Waals surface area (Å²) in [6, 6.07) is 4.24. The Labute approximate surface area is 117 Å². The zero-order valence-corrected chi connectivity index (χ0v) is 12.7. The van der Waals surface area contributed by atoms with Crippen LogP contribution in [0.4, 0.5) is 0 Å². The Balaban J connectivity index is 2.35. The lowest BCUT2D eigenvalue weighted by atomic mass is 9.98. The van der Waals surface area contributed by atoms with Gasteiger partial charge in [-0.3, -0.25) is 0 Å². The molecule has 3 nitrogen and oxygen atoms in total. The summed E-state index contributed by atoms with van der Waals surface area (Å²) in [5.74, 6) is 1.36. The molecule has 2 rings (SSSR count). The Morgan fingerprint density at radius 3 is 2.78 bits per heavy atom. The monoisotopic (exact) mass is 313 g/mol. The van der Waals surface area contributed by atoms with Gasteiger partial charge in [0.25, 0.3) is 0 Å². The second-order valence-electron chi connectivity index (χ2n) is 4.84. The Morgan fingerprint density at radius 2 is 2.22 bits per heavy atom. The number of hydrogen-bond donors (Lipinski definition) is 1. The zero-order valence-electron chi connectivity index (χ0n) is 11.1. The van der Waals surface area contributed by atoms with Crippen LogP contribution in [-0.2, 0) is 4.74 Å². The molecule has 0 spiro atoms. The summed E-state index contributed by atoms with van der Waals surface area (Å²) >= 11 is 3.65. The standard InChI is InChI=1S/C14H20BrNO2/c1-9(2)14-11(15)6-10(7-12(14)17-3)13-8-16-4-5-18-13/h6-7,9,13,16H,4-5,8H2,1-3H3. The van der Waals surface area contributed by atoms with Crippen LogP contribution in [0.2, 0.25) is 0 Å². The first kappa shape index (κ1) is 13.8. The summed E-state index contributed by atoms with van der Waals surface area (Å²) in [4.78, 5) is 0. The minimum absolute atomic E-state index is 0.116. The molecule has 1 unspecified atom stereocenters. The van der Waals surface area contributed by atoms with Crippen molar-refractivity contribution in [2.45, 2.75) is 25.9 Å². The topological polar surface area (TPSA) is 30.5 Å². The van der Waals surface area contributed by atoms with Gasteiger partial charge in [0.15, 0.2) is 0 Å². The summed E-state index contributed by atoms with van der Waals surface area (Å²) in [6.07, 6.45) is 0.116. The van der Waals surface area contributed by atoms with Crippen LogP contribution in [0.3, 0.4) is 0 Å². The second-order valence-corrected chi connectivity index (χ2v) is 5.69. The van der Waals surface area contributed by atoms with E-state index in [1.165, 1.54) is 5.56 Å². The molecule has 0 radical (unpaired) electrons. The fourth-order valence-corrected chi connectivity index (χ4v) is 3.22. The Kier molecular flexibility index (Phi) is 4.65. The molecule has 0 aromatic heterocycles. The van der Waals surface area contributed by atoms with Gasteiger partial charge in [0, 0.05) is 23.1 Å². The van der Waals surface area contributed by atoms with Gasteiger partial charge in [0.1, 0.15) is 5.75 Å². The number of nitrogens with one attached hydrogen (secondary N) is 1. The van der Waals surface area contributed by atoms with Gasteiger partial charge < -0.3 is 14.8 Å². The molecule has 0 bridgehead atoms. The predicted octanol–water partition coefficient (Wildman–Crippen LogP) is 3.24. The van der Waals surface area contributed by atoms with Crippen LogP contribution in [0.1, 0.15) is 37.0 Å². The minimum Gasteiger partial charge on any atom is -0.496 e. The highest BCUT2D eigenvalue weighted by Crippen LogP contribution is 2.37. The van der Waals surface area contributed by atoms with Crippen molar-refractivity contribution in [3.8, 4) is 5.75 Å². The maximum atomic E-state index is 5.78. The summed E-state index contributed by atoms with van der Waals surface area (Å²) in [5.41, 5.74) is 2.38. The third-order valence-corrected chi connectivity index (χ3v) is 3.87. The van der Waals surface area contributed by atoms with E-state index in [1.807, 2.05) is 0 Å². The molecule has 18 heavy (non-hydrogen) atoms. The molecule has 0 saturated carbocycles. The predicted molar refractivity (Wildman–Crippen MR) is 76.3 cm³/mol. The summed E-state index contributed by atoms with van der Waals surface area (Å²) in [5, 5.41) is 3.35. The molecule has 4 heteroatoms. The van der Waals surface area contributed by atoms with E-state index in [2.05, 4.69) is 47.2 Å². The van der Waals surface area contributed by atoms with Crippen LogP contribution in [-0.4, -0.2) is 26.8 Å². The van der Waals surface area contributed by atoms with E-state index in [0.29, 0.717) is 5.92 Å². The van der Waals surface area contributed by atoms with E-state index < -0.39 is 0 Å². The van der Waals surface area contributed by atoms with Crippen molar-refractivity contribution < 1.29 is 9.47 Å². The third kappa shape index (κ3) is 2.87. The minimum atomic E-state index is 0.116. The lowest BCUT2D eigenvalue weighted by Gasteiger charge is -2.25. The van der Waals surface area contributed by atoms with E-state index >= 15 is 0 Å². The lowest BCUT2D eigenvalue weighted by molar-refractivity contribution is 0.0275. The first-order valence-electron chi connectivity index (χ1n) is 6.33. The van der Waals surface area contributed by atoms with Crippen LogP contribution >= 0.6 is 15.9 Å². The fourth-order valence-electron chi connectivity index (χ4n) is 2.31. The number of ether oxygens (including phenoxy) is 2. The molecule has 1 atom stereocenters. The second kappa shape index (κ2) is 6.04. The van der Waals surface area contributed by atoms with Crippen LogP contribution in [0.5, 0.6) is 5.75 Å². The summed E-state index contributed by atoms with van der Waals surface area (Å²) < 4.78 is 12.4. The van der Waals surface area contributed by atoms with Crippen LogP contribution in [0.15, 0.2) is 16.6 Å². The molecule has 100 valence electrons. The average Bonchev–Trinajstić information content (AvgIpc) is 2.38. The van der Waals surface area contributed by atoms with Gasteiger partial charge in [-0.25, -0.2) is 0 Å². The smallest absolute Gasteiger partial charge is 0.123 e. The van der Waals surface area contributed by atoms with E-state index in [1.54, 1.807) is 7.11 Å². The van der Waals surface area contributed by atoms with Crippen molar-refractivity contribution in [1.29, 1.82) is 0 Å². The Morgan fingerprint density at radius 1 is 1.44 bits per heavy atom. The van der Waals surface area contributed by atoms with Crippen molar-refractivity contribution >= 4 is 15.9 Å². The summed E-state index contributed by atoms with van der Waals surface area (Å²) in [6.45, 7) is 6.88. The molecule has 0 amide bonds. The average molecular weight is 314 g/mol. The molecule has 1 fully saturated rings. The molecule has 1 heterocycles. The molecule has 1 N–H and O–H groups in total. The van der Waals surface area contributed by atoms with E-state index in [0.717, 1.165) is 35.5 Å². The highest BCUT2D eigenvalue weighted by molar-refractivity contribution is 9.10. The lowest BCUT2D eigenvalue weighted by Crippen LogP contribution is -2.33.